The predicted octanol–water partition coefficient (Wildman–Crippen LogP) is -2.07. The van der Waals surface area contributed by atoms with Crippen LogP contribution in [0, 0.1) is 0 Å². The Morgan fingerprint density at radius 1 is 1.35 bits per heavy atom. The van der Waals surface area contributed by atoms with Crippen LogP contribution in [0.2, 0.25) is 9.88 Å². The molecule has 1 aliphatic heterocycles. The Hall–Kier alpha value is -0.681. The van der Waals surface area contributed by atoms with E-state index < -0.39 is 42.4 Å². The van der Waals surface area contributed by atoms with Gasteiger partial charge >= 0.3 is 36.7 Å². The molecule has 2 radical (unpaired) electrons. The fourth-order valence-electron chi connectivity index (χ4n) is 1.74. The SMILES string of the molecule is O=c1ccn(C2OC(CO)C(O)C2O)c(=O)[nH]1.[CH3][Sn][CH3]. The first-order valence-corrected chi connectivity index (χ1v) is 11.7. The van der Waals surface area contributed by atoms with Crippen LogP contribution in [0.4, 0.5) is 0 Å². The first-order valence-electron chi connectivity index (χ1n) is 5.98. The Labute approximate surface area is 125 Å². The summed E-state index contributed by atoms with van der Waals surface area (Å²) >= 11 is 0.230. The van der Waals surface area contributed by atoms with Gasteiger partial charge in [-0.2, -0.15) is 0 Å². The third-order valence-corrected chi connectivity index (χ3v) is 2.64. The summed E-state index contributed by atoms with van der Waals surface area (Å²) in [5.41, 5.74) is -1.33. The predicted molar refractivity (Wildman–Crippen MR) is 71.8 cm³/mol. The van der Waals surface area contributed by atoms with Crippen molar-refractivity contribution in [2.75, 3.05) is 6.61 Å². The van der Waals surface area contributed by atoms with E-state index in [0.717, 1.165) is 16.8 Å². The van der Waals surface area contributed by atoms with Crippen molar-refractivity contribution in [3.8, 4) is 0 Å². The molecule has 0 saturated carbocycles. The second-order valence-corrected chi connectivity index (χ2v) is 7.10. The van der Waals surface area contributed by atoms with Crippen molar-refractivity contribution in [3.05, 3.63) is 33.1 Å². The molecule has 2 rings (SSSR count). The fourth-order valence-corrected chi connectivity index (χ4v) is 1.74. The molecule has 4 atom stereocenters. The van der Waals surface area contributed by atoms with Gasteiger partial charge in [-0.3, -0.25) is 14.3 Å². The number of aliphatic hydroxyl groups is 3. The Morgan fingerprint density at radius 3 is 2.40 bits per heavy atom. The van der Waals surface area contributed by atoms with Gasteiger partial charge in [-0.1, -0.05) is 0 Å². The molecule has 4 unspecified atom stereocenters. The van der Waals surface area contributed by atoms with Gasteiger partial charge in [0.1, 0.15) is 18.3 Å². The number of hydrogen-bond acceptors (Lipinski definition) is 6. The van der Waals surface area contributed by atoms with Crippen LogP contribution in [-0.2, 0) is 4.74 Å². The molecule has 9 heteroatoms. The van der Waals surface area contributed by atoms with Gasteiger partial charge in [0.25, 0.3) is 5.56 Å². The Kier molecular flexibility index (Phi) is 6.89. The molecule has 4 N–H and O–H groups in total. The van der Waals surface area contributed by atoms with Crippen LogP contribution in [0.1, 0.15) is 6.23 Å². The van der Waals surface area contributed by atoms with E-state index in [2.05, 4.69) is 9.88 Å². The van der Waals surface area contributed by atoms with Crippen molar-refractivity contribution in [3.63, 3.8) is 0 Å². The number of aromatic nitrogens is 2. The molecule has 8 nitrogen and oxygen atoms in total. The molecular formula is C11H18N2O6Sn. The minimum absolute atomic E-state index is 0.230. The molecule has 1 saturated heterocycles. The van der Waals surface area contributed by atoms with E-state index in [1.54, 1.807) is 0 Å². The topological polar surface area (TPSA) is 125 Å². The van der Waals surface area contributed by atoms with E-state index in [-0.39, 0.29) is 21.1 Å². The molecule has 0 spiro atoms. The van der Waals surface area contributed by atoms with Gasteiger partial charge in [0.15, 0.2) is 6.23 Å². The van der Waals surface area contributed by atoms with E-state index in [9.17, 15) is 19.8 Å². The quantitative estimate of drug-likeness (QED) is 0.429. The van der Waals surface area contributed by atoms with E-state index in [1.165, 1.54) is 0 Å². The zero-order valence-electron chi connectivity index (χ0n) is 11.2. The molecule has 0 aliphatic carbocycles. The second-order valence-electron chi connectivity index (χ2n) is 4.25. The molecule has 2 heterocycles. The van der Waals surface area contributed by atoms with Crippen molar-refractivity contribution in [2.45, 2.75) is 34.4 Å². The molecule has 112 valence electrons. The molecule has 1 aromatic rings. The van der Waals surface area contributed by atoms with Gasteiger partial charge in [0, 0.05) is 12.3 Å². The zero-order valence-corrected chi connectivity index (χ0v) is 14.0. The van der Waals surface area contributed by atoms with Crippen LogP contribution < -0.4 is 11.2 Å². The van der Waals surface area contributed by atoms with Crippen LogP contribution in [-0.4, -0.2) is 70.9 Å². The maximum absolute atomic E-state index is 11.4. The van der Waals surface area contributed by atoms with E-state index in [4.69, 9.17) is 9.84 Å². The number of nitrogens with zero attached hydrogens (tertiary/aromatic N) is 1. The standard InChI is InChI=1S/C9H12N2O6.2CH3.Sn/c12-3-4-6(14)7(15)8(17-4)11-2-1-5(13)10-9(11)16;;;/h1-2,4,6-8,12,14-15H,3H2,(H,10,13,16);2*1H3;. The van der Waals surface area contributed by atoms with Gasteiger partial charge in [-0.25, -0.2) is 4.79 Å². The second kappa shape index (κ2) is 7.93. The van der Waals surface area contributed by atoms with Crippen molar-refractivity contribution >= 4 is 21.1 Å². The van der Waals surface area contributed by atoms with Crippen LogP contribution >= 0.6 is 0 Å². The number of aromatic amines is 1. The van der Waals surface area contributed by atoms with Crippen molar-refractivity contribution < 1.29 is 20.1 Å². The van der Waals surface area contributed by atoms with Crippen LogP contribution in [0.15, 0.2) is 21.9 Å². The number of ether oxygens (including phenoxy) is 1. The average Bonchev–Trinajstić information content (AvgIpc) is 2.67. The summed E-state index contributed by atoms with van der Waals surface area (Å²) in [6.07, 6.45) is -3.58. The average molecular weight is 393 g/mol. The summed E-state index contributed by atoms with van der Waals surface area (Å²) < 4.78 is 6.08. The van der Waals surface area contributed by atoms with Crippen molar-refractivity contribution in [2.24, 2.45) is 0 Å². The third kappa shape index (κ3) is 3.92. The number of hydrogen-bond donors (Lipinski definition) is 4. The van der Waals surface area contributed by atoms with Crippen LogP contribution in [0.25, 0.3) is 0 Å². The van der Waals surface area contributed by atoms with E-state index >= 15 is 0 Å². The Balaban J connectivity index is 0.000000612. The van der Waals surface area contributed by atoms with Gasteiger partial charge in [0.05, 0.1) is 6.61 Å². The number of nitrogens with one attached hydrogen (secondary N) is 1. The Morgan fingerprint density at radius 2 is 1.95 bits per heavy atom. The van der Waals surface area contributed by atoms with E-state index in [1.807, 2.05) is 4.98 Å². The van der Waals surface area contributed by atoms with Crippen molar-refractivity contribution in [1.82, 2.24) is 9.55 Å². The number of H-pyrrole nitrogens is 1. The molecular weight excluding hydrogens is 375 g/mol. The van der Waals surface area contributed by atoms with Gasteiger partial charge in [-0.05, 0) is 0 Å². The molecule has 1 aromatic heterocycles. The van der Waals surface area contributed by atoms with Crippen LogP contribution in [0.5, 0.6) is 0 Å². The van der Waals surface area contributed by atoms with Crippen molar-refractivity contribution in [1.29, 1.82) is 0 Å². The Bertz CT molecular complexity index is 530. The summed E-state index contributed by atoms with van der Waals surface area (Å²) in [6.45, 7) is -0.479. The fraction of sp³-hybridized carbons (Fsp3) is 0.636. The molecule has 0 bridgehead atoms. The molecule has 20 heavy (non-hydrogen) atoms. The van der Waals surface area contributed by atoms with Gasteiger partial charge in [-0.15, -0.1) is 0 Å². The monoisotopic (exact) mass is 394 g/mol. The first kappa shape index (κ1) is 17.4. The minimum atomic E-state index is -1.35. The maximum atomic E-state index is 11.4. The molecule has 1 fully saturated rings. The molecule has 1 aliphatic rings. The summed E-state index contributed by atoms with van der Waals surface area (Å²) in [5.74, 6) is 0. The van der Waals surface area contributed by atoms with E-state index in [0.29, 0.717) is 0 Å². The summed E-state index contributed by atoms with van der Waals surface area (Å²) in [6, 6.07) is 1.09. The van der Waals surface area contributed by atoms with Crippen LogP contribution in [0.3, 0.4) is 0 Å². The van der Waals surface area contributed by atoms with Gasteiger partial charge in [0.2, 0.25) is 0 Å². The first-order chi connectivity index (χ1) is 9.46. The summed E-state index contributed by atoms with van der Waals surface area (Å²) in [7, 11) is 0. The molecule has 0 aromatic carbocycles. The molecule has 0 amide bonds. The van der Waals surface area contributed by atoms with Gasteiger partial charge < -0.3 is 20.1 Å². The number of rotatable bonds is 2. The normalized spacial score (nSPS) is 28.9. The zero-order chi connectivity index (χ0) is 15.3. The number of aliphatic hydroxyl groups excluding tert-OH is 3. The summed E-state index contributed by atoms with van der Waals surface area (Å²) in [4.78, 5) is 28.9. The summed E-state index contributed by atoms with van der Waals surface area (Å²) in [5, 5.41) is 28.1. The third-order valence-electron chi connectivity index (χ3n) is 2.64.